The molecule has 0 radical (unpaired) electrons. The summed E-state index contributed by atoms with van der Waals surface area (Å²) in [6, 6.07) is 11.5. The van der Waals surface area contributed by atoms with Crippen molar-refractivity contribution in [1.29, 1.82) is 0 Å². The van der Waals surface area contributed by atoms with Crippen molar-refractivity contribution in [3.8, 4) is 0 Å². The maximum atomic E-state index is 15.0. The molecule has 1 saturated carbocycles. The molecule has 7 unspecified atom stereocenters. The molecule has 2 aromatic carbocycles. The fourth-order valence-electron chi connectivity index (χ4n) is 14.8. The zero-order chi connectivity index (χ0) is 49.3. The van der Waals surface area contributed by atoms with Gasteiger partial charge in [0.2, 0.25) is 5.91 Å². The lowest BCUT2D eigenvalue weighted by atomic mass is 9.47. The van der Waals surface area contributed by atoms with E-state index in [-0.39, 0.29) is 44.4 Å². The van der Waals surface area contributed by atoms with E-state index >= 15 is 0 Å². The fraction of sp³-hybridized carbons (Fsp3) is 0.623. The predicted molar refractivity (Wildman–Crippen MR) is 262 cm³/mol. The number of piperidine rings is 1. The Morgan fingerprint density at radius 3 is 2.57 bits per heavy atom. The van der Waals surface area contributed by atoms with Gasteiger partial charge in [0.25, 0.3) is 15.0 Å². The van der Waals surface area contributed by atoms with Gasteiger partial charge < -0.3 is 40.1 Å². The van der Waals surface area contributed by atoms with Crippen LogP contribution in [0.5, 0.6) is 0 Å². The first-order chi connectivity index (χ1) is 32.9. The number of fused-ring (bicyclic) bond motifs is 5. The molecule has 2 bridgehead atoms. The molecule has 14 nitrogen and oxygen atoms in total. The summed E-state index contributed by atoms with van der Waals surface area (Å²) in [6.07, 6.45) is 7.53. The first-order valence-electron chi connectivity index (χ1n) is 25.2. The number of hydrogen-bond acceptors (Lipinski definition) is 12. The molecule has 12 atom stereocenters. The highest BCUT2D eigenvalue weighted by atomic mass is 31.1. The van der Waals surface area contributed by atoms with Crippen molar-refractivity contribution in [3.63, 3.8) is 0 Å². The smallest absolute Gasteiger partial charge is 0.328 e. The molecule has 5 heterocycles. The van der Waals surface area contributed by atoms with Crippen LogP contribution in [0.3, 0.4) is 0 Å². The number of esters is 1. The van der Waals surface area contributed by atoms with Crippen molar-refractivity contribution in [2.45, 2.75) is 145 Å². The van der Waals surface area contributed by atoms with Crippen LogP contribution in [0, 0.1) is 18.3 Å². The van der Waals surface area contributed by atoms with Gasteiger partial charge in [0.05, 0.1) is 24.7 Å². The summed E-state index contributed by atoms with van der Waals surface area (Å²) in [5.74, 6) is -2.60. The quantitative estimate of drug-likeness (QED) is 0.0735. The Hall–Kier alpha value is -4.24. The number of benzene rings is 2. The molecule has 5 aliphatic heterocycles. The van der Waals surface area contributed by atoms with Crippen LogP contribution in [0.2, 0.25) is 0 Å². The molecule has 5 N–H and O–H groups in total. The van der Waals surface area contributed by atoms with E-state index in [1.54, 1.807) is 0 Å². The van der Waals surface area contributed by atoms with Gasteiger partial charge in [-0.05, 0) is 117 Å². The number of amides is 2. The van der Waals surface area contributed by atoms with Gasteiger partial charge in [-0.15, -0.1) is 0 Å². The summed E-state index contributed by atoms with van der Waals surface area (Å²) in [6.45, 7) is 14.1. The monoisotopic (exact) mass is 971 g/mol. The van der Waals surface area contributed by atoms with Gasteiger partial charge in [-0.3, -0.25) is 24.2 Å². The number of nitrogens with one attached hydrogen (secondary N) is 2. The number of ether oxygens (including phenoxy) is 1. The number of likely N-dealkylation sites (N-methyl/N-ethyl adjacent to an activating group) is 1. The average molecular weight is 972 g/mol. The summed E-state index contributed by atoms with van der Waals surface area (Å²) in [5, 5.41) is 43.6. The van der Waals surface area contributed by atoms with E-state index in [1.807, 2.05) is 14.0 Å². The van der Waals surface area contributed by atoms with Crippen LogP contribution in [0.15, 0.2) is 54.1 Å². The van der Waals surface area contributed by atoms with E-state index in [1.165, 1.54) is 34.8 Å². The molecule has 1 spiro atoms. The molecule has 374 valence electrons. The Balaban J connectivity index is 1.04. The molecule has 69 heavy (non-hydrogen) atoms. The van der Waals surface area contributed by atoms with Crippen molar-refractivity contribution in [2.75, 3.05) is 57.8 Å². The highest BCUT2D eigenvalue weighted by molar-refractivity contribution is 7.26. The molecule has 2 aliphatic carbocycles. The summed E-state index contributed by atoms with van der Waals surface area (Å²) in [5.41, 5.74) is 4.86. The van der Waals surface area contributed by atoms with Gasteiger partial charge in [0.1, 0.15) is 12.1 Å². The number of aliphatic hydroxyl groups excluding tert-OH is 1. The summed E-state index contributed by atoms with van der Waals surface area (Å²) in [4.78, 5) is 58.4. The second-order valence-corrected chi connectivity index (χ2v) is 21.9. The van der Waals surface area contributed by atoms with E-state index in [2.05, 4.69) is 99.2 Å². The third-order valence-corrected chi connectivity index (χ3v) is 18.0. The third kappa shape index (κ3) is 8.05. The number of aryl methyl sites for hydroxylation is 1. The van der Waals surface area contributed by atoms with Gasteiger partial charge in [0.15, 0.2) is 5.60 Å². The minimum absolute atomic E-state index is 0.0350. The highest BCUT2D eigenvalue weighted by Crippen LogP contribution is 2.67. The van der Waals surface area contributed by atoms with Crippen LogP contribution in [0.1, 0.15) is 113 Å². The summed E-state index contributed by atoms with van der Waals surface area (Å²) in [7, 11) is 0.445. The lowest BCUT2D eigenvalue weighted by Gasteiger charge is -2.63. The van der Waals surface area contributed by atoms with Crippen molar-refractivity contribution in [1.82, 2.24) is 20.4 Å². The van der Waals surface area contributed by atoms with Crippen LogP contribution in [-0.4, -0.2) is 137 Å². The van der Waals surface area contributed by atoms with Crippen LogP contribution in [-0.2, 0) is 45.7 Å². The molecule has 7 aliphatic rings. The number of carbonyl (C=O) groups excluding carboxylic acids is 4. The average Bonchev–Trinajstić information content (AvgIpc) is 3.99. The normalized spacial score (nSPS) is 34.7. The first kappa shape index (κ1) is 49.7. The van der Waals surface area contributed by atoms with Crippen LogP contribution < -0.4 is 15.5 Å². The molecule has 2 aromatic rings. The second kappa shape index (κ2) is 18.7. The number of carbonyl (C=O) groups is 4. The van der Waals surface area contributed by atoms with Gasteiger partial charge in [0, 0.05) is 74.2 Å². The Morgan fingerprint density at radius 1 is 1.03 bits per heavy atom. The number of allylic oxidation sites excluding steroid dienone is 1. The molecule has 2 amide bonds. The topological polar surface area (TPSA) is 181 Å². The van der Waals surface area contributed by atoms with E-state index < -0.39 is 78.5 Å². The molecule has 3 fully saturated rings. The van der Waals surface area contributed by atoms with E-state index in [4.69, 9.17) is 4.74 Å². The van der Waals surface area contributed by atoms with Crippen molar-refractivity contribution in [2.24, 2.45) is 11.3 Å². The third-order valence-electron chi connectivity index (χ3n) is 17.7. The first-order valence-corrected chi connectivity index (χ1v) is 25.9. The predicted octanol–water partition coefficient (Wildman–Crippen LogP) is 5.08. The molecule has 2 saturated heterocycles. The van der Waals surface area contributed by atoms with Crippen molar-refractivity contribution in [3.05, 3.63) is 81.9 Å². The van der Waals surface area contributed by atoms with Gasteiger partial charge in [-0.25, -0.2) is 4.79 Å². The SMILES string of the molecule is CCC1(O)CC2CN(CCC3=C(Cc4ccccc43)[C@](C)(c3cc4c(cc3C)N(C)C3[C@@]45CCN4CC=C[C@@](CC)(C45)[C@H](O)[C@@]3(O)C(=O)NCCCOC(=O)C(C)NC(=O)CCC(=O)OPF)C2)C1. The standard InChI is InChI=1S/C53H71FN5O9P/c1-7-50(65)29-34-28-49(5,39-26-35-13-9-10-14-36(35)37(39)17-22-58(30-34)31-50)38-27-40-41(25-32(38)3)57(6)46-52(40)19-23-59-21-11-18-51(8-2,45(52)59)47(63)53(46,66)48(64)55-20-12-24-67-44(62)33(4)56-42(60)15-16-43(61)68-69-54/h9-11,13-14,18,25,27,33-34,45-47,63,65-66,69H,7-8,12,15-17,19-24,26,28-31H2,1-6H3,(H,55,64)(H,56,60)/t33?,34?,45?,46?,47-,49-,50?,51-,52-,53+/m0/s1. The van der Waals surface area contributed by atoms with Gasteiger partial charge in [-0.2, -0.15) is 4.20 Å². The van der Waals surface area contributed by atoms with Crippen LogP contribution in [0.25, 0.3) is 5.57 Å². The zero-order valence-corrected chi connectivity index (χ0v) is 42.0. The van der Waals surface area contributed by atoms with Crippen molar-refractivity contribution >= 4 is 44.1 Å². The molecule has 16 heteroatoms. The maximum Gasteiger partial charge on any atom is 0.328 e. The minimum Gasteiger partial charge on any atom is -0.464 e. The molecular formula is C53H71FN5O9P. The Morgan fingerprint density at radius 2 is 1.81 bits per heavy atom. The van der Waals surface area contributed by atoms with Crippen LogP contribution >= 0.6 is 9.12 Å². The summed E-state index contributed by atoms with van der Waals surface area (Å²) >= 11 is 0. The van der Waals surface area contributed by atoms with Gasteiger partial charge >= 0.3 is 11.9 Å². The number of rotatable bonds is 14. The molecular weight excluding hydrogens is 901 g/mol. The second-order valence-electron chi connectivity index (χ2n) is 21.6. The van der Waals surface area contributed by atoms with E-state index in [0.29, 0.717) is 32.4 Å². The largest absolute Gasteiger partial charge is 0.464 e. The zero-order valence-electron chi connectivity index (χ0n) is 41.0. The summed E-state index contributed by atoms with van der Waals surface area (Å²) < 4.78 is 21.9. The number of hydrogen-bond donors (Lipinski definition) is 5. The molecule has 9 rings (SSSR count). The highest BCUT2D eigenvalue weighted by Gasteiger charge is 2.78. The number of nitrogens with zero attached hydrogens (tertiary/aromatic N) is 3. The van der Waals surface area contributed by atoms with E-state index in [0.717, 1.165) is 62.1 Å². The number of halogens is 1. The van der Waals surface area contributed by atoms with Gasteiger partial charge in [-0.1, -0.05) is 68.8 Å². The minimum atomic E-state index is -2.26. The lowest BCUT2D eigenvalue weighted by molar-refractivity contribution is -0.203. The number of anilines is 1. The Kier molecular flexibility index (Phi) is 13.5. The molecule has 0 aromatic heterocycles. The lowest BCUT2D eigenvalue weighted by Crippen LogP contribution is -2.81. The van der Waals surface area contributed by atoms with Crippen molar-refractivity contribution < 1.29 is 48.0 Å². The Labute approximate surface area is 407 Å². The fourth-order valence-corrected chi connectivity index (χ4v) is 15.0. The maximum absolute atomic E-state index is 15.0. The van der Waals surface area contributed by atoms with E-state index in [9.17, 15) is 38.7 Å². The number of aliphatic hydroxyl groups is 3. The Bertz CT molecular complexity index is 2450. The van der Waals surface area contributed by atoms with Crippen LogP contribution in [0.4, 0.5) is 9.88 Å².